The SMILES string of the molecule is CN(Cc1ccc(F)cc1)C(=O)CSc1nnc(-c2ccccc2Cl)o1. The van der Waals surface area contributed by atoms with Gasteiger partial charge in [0.1, 0.15) is 5.82 Å². The van der Waals surface area contributed by atoms with Crippen LogP contribution in [0.5, 0.6) is 0 Å². The number of hydrogen-bond acceptors (Lipinski definition) is 5. The van der Waals surface area contributed by atoms with E-state index >= 15 is 0 Å². The van der Waals surface area contributed by atoms with Crippen LogP contribution in [0.4, 0.5) is 4.39 Å². The van der Waals surface area contributed by atoms with E-state index in [2.05, 4.69) is 10.2 Å². The van der Waals surface area contributed by atoms with Gasteiger partial charge in [-0.1, -0.05) is 47.6 Å². The molecule has 0 unspecified atom stereocenters. The number of amides is 1. The third-order valence-corrected chi connectivity index (χ3v) is 4.72. The van der Waals surface area contributed by atoms with E-state index in [0.717, 1.165) is 17.3 Å². The molecule has 1 amide bonds. The van der Waals surface area contributed by atoms with Crippen LogP contribution in [0.15, 0.2) is 58.2 Å². The molecule has 0 radical (unpaired) electrons. The highest BCUT2D eigenvalue weighted by Crippen LogP contribution is 2.28. The molecule has 3 aromatic rings. The van der Waals surface area contributed by atoms with Crippen molar-refractivity contribution in [1.29, 1.82) is 0 Å². The lowest BCUT2D eigenvalue weighted by Gasteiger charge is -2.16. The van der Waals surface area contributed by atoms with Crippen molar-refractivity contribution in [2.45, 2.75) is 11.8 Å². The van der Waals surface area contributed by atoms with Gasteiger partial charge in [0, 0.05) is 13.6 Å². The van der Waals surface area contributed by atoms with E-state index in [1.807, 2.05) is 12.1 Å². The summed E-state index contributed by atoms with van der Waals surface area (Å²) in [5, 5.41) is 8.71. The molecule has 1 aromatic heterocycles. The maximum absolute atomic E-state index is 12.9. The Morgan fingerprint density at radius 1 is 1.19 bits per heavy atom. The second kappa shape index (κ2) is 8.33. The summed E-state index contributed by atoms with van der Waals surface area (Å²) in [5.41, 5.74) is 1.50. The van der Waals surface area contributed by atoms with Gasteiger partial charge in [-0.15, -0.1) is 10.2 Å². The second-order valence-corrected chi connectivity index (χ2v) is 6.85. The van der Waals surface area contributed by atoms with Crippen LogP contribution in [0.25, 0.3) is 11.5 Å². The van der Waals surface area contributed by atoms with Crippen molar-refractivity contribution in [1.82, 2.24) is 15.1 Å². The molecule has 26 heavy (non-hydrogen) atoms. The van der Waals surface area contributed by atoms with E-state index in [4.69, 9.17) is 16.0 Å². The second-order valence-electron chi connectivity index (χ2n) is 5.52. The molecule has 0 saturated heterocycles. The van der Waals surface area contributed by atoms with E-state index < -0.39 is 0 Å². The van der Waals surface area contributed by atoms with E-state index in [0.29, 0.717) is 28.2 Å². The Hall–Kier alpha value is -2.38. The molecular weight excluding hydrogens is 377 g/mol. The van der Waals surface area contributed by atoms with Gasteiger partial charge in [0.2, 0.25) is 11.8 Å². The van der Waals surface area contributed by atoms with Gasteiger partial charge in [0.05, 0.1) is 16.3 Å². The van der Waals surface area contributed by atoms with Gasteiger partial charge in [-0.05, 0) is 29.8 Å². The van der Waals surface area contributed by atoms with Gasteiger partial charge in [0.15, 0.2) is 0 Å². The Morgan fingerprint density at radius 2 is 1.92 bits per heavy atom. The maximum atomic E-state index is 12.9. The summed E-state index contributed by atoms with van der Waals surface area (Å²) < 4.78 is 18.5. The number of thioether (sulfide) groups is 1. The zero-order valence-corrected chi connectivity index (χ0v) is 15.4. The lowest BCUT2D eigenvalue weighted by atomic mass is 10.2. The fourth-order valence-corrected chi connectivity index (χ4v) is 3.12. The van der Waals surface area contributed by atoms with Crippen LogP contribution in [0.3, 0.4) is 0 Å². The molecule has 0 fully saturated rings. The zero-order chi connectivity index (χ0) is 18.5. The lowest BCUT2D eigenvalue weighted by molar-refractivity contribution is -0.127. The minimum atomic E-state index is -0.302. The van der Waals surface area contributed by atoms with E-state index in [-0.39, 0.29) is 17.5 Å². The van der Waals surface area contributed by atoms with Crippen LogP contribution in [0, 0.1) is 5.82 Å². The minimum absolute atomic E-state index is 0.100. The molecule has 134 valence electrons. The van der Waals surface area contributed by atoms with E-state index in [1.165, 1.54) is 12.1 Å². The average Bonchev–Trinajstić information content (AvgIpc) is 3.10. The highest BCUT2D eigenvalue weighted by Gasteiger charge is 2.15. The quantitative estimate of drug-likeness (QED) is 0.587. The number of benzene rings is 2. The molecule has 0 spiro atoms. The van der Waals surface area contributed by atoms with Crippen molar-refractivity contribution in [3.8, 4) is 11.5 Å². The first-order valence-electron chi connectivity index (χ1n) is 7.72. The first kappa shape index (κ1) is 18.4. The number of nitrogens with zero attached hydrogens (tertiary/aromatic N) is 3. The summed E-state index contributed by atoms with van der Waals surface area (Å²) in [6.45, 7) is 0.397. The molecular formula is C18H15ClFN3O2S. The molecule has 0 aliphatic carbocycles. The van der Waals surface area contributed by atoms with Crippen LogP contribution < -0.4 is 0 Å². The molecule has 0 aliphatic rings. The number of halogens is 2. The molecule has 0 bridgehead atoms. The van der Waals surface area contributed by atoms with Gasteiger partial charge < -0.3 is 9.32 Å². The predicted octanol–water partition coefficient (Wildman–Crippen LogP) is 4.28. The highest BCUT2D eigenvalue weighted by molar-refractivity contribution is 7.99. The van der Waals surface area contributed by atoms with Gasteiger partial charge >= 0.3 is 0 Å². The molecule has 5 nitrogen and oxygen atoms in total. The summed E-state index contributed by atoms with van der Waals surface area (Å²) in [6.07, 6.45) is 0. The molecule has 1 heterocycles. The van der Waals surface area contributed by atoms with Crippen LogP contribution in [0.1, 0.15) is 5.56 Å². The summed E-state index contributed by atoms with van der Waals surface area (Å²) in [4.78, 5) is 13.8. The number of carbonyl (C=O) groups excluding carboxylic acids is 1. The third kappa shape index (κ3) is 4.62. The first-order valence-corrected chi connectivity index (χ1v) is 9.09. The molecule has 8 heteroatoms. The zero-order valence-electron chi connectivity index (χ0n) is 13.9. The number of rotatable bonds is 6. The third-order valence-electron chi connectivity index (χ3n) is 3.59. The summed E-state index contributed by atoms with van der Waals surface area (Å²) in [5.74, 6) is 0.0630. The number of carbonyl (C=O) groups is 1. The van der Waals surface area contributed by atoms with Crippen molar-refractivity contribution in [2.24, 2.45) is 0 Å². The monoisotopic (exact) mass is 391 g/mol. The Kier molecular flexibility index (Phi) is 5.90. The van der Waals surface area contributed by atoms with E-state index in [9.17, 15) is 9.18 Å². The fourth-order valence-electron chi connectivity index (χ4n) is 2.20. The van der Waals surface area contributed by atoms with Crippen molar-refractivity contribution in [3.63, 3.8) is 0 Å². The molecule has 0 saturated carbocycles. The summed E-state index contributed by atoms with van der Waals surface area (Å²) in [7, 11) is 1.69. The van der Waals surface area contributed by atoms with Gasteiger partial charge in [-0.2, -0.15) is 0 Å². The van der Waals surface area contributed by atoms with Gasteiger partial charge in [0.25, 0.3) is 5.22 Å². The van der Waals surface area contributed by atoms with Crippen molar-refractivity contribution in [2.75, 3.05) is 12.8 Å². The Labute approximate surface area is 159 Å². The first-order chi connectivity index (χ1) is 12.5. The number of hydrogen-bond donors (Lipinski definition) is 0. The fraction of sp³-hybridized carbons (Fsp3) is 0.167. The largest absolute Gasteiger partial charge is 0.411 e. The summed E-state index contributed by atoms with van der Waals surface area (Å²) in [6, 6.07) is 13.2. The molecule has 0 N–H and O–H groups in total. The highest BCUT2D eigenvalue weighted by atomic mass is 35.5. The van der Waals surface area contributed by atoms with Crippen LogP contribution in [0.2, 0.25) is 5.02 Å². The van der Waals surface area contributed by atoms with Gasteiger partial charge in [-0.25, -0.2) is 4.39 Å². The normalized spacial score (nSPS) is 10.7. The lowest BCUT2D eigenvalue weighted by Crippen LogP contribution is -2.27. The minimum Gasteiger partial charge on any atom is -0.411 e. The Morgan fingerprint density at radius 3 is 2.65 bits per heavy atom. The van der Waals surface area contributed by atoms with Crippen LogP contribution in [-0.4, -0.2) is 33.8 Å². The van der Waals surface area contributed by atoms with Crippen LogP contribution >= 0.6 is 23.4 Å². The summed E-state index contributed by atoms with van der Waals surface area (Å²) >= 11 is 7.26. The smallest absolute Gasteiger partial charge is 0.277 e. The maximum Gasteiger partial charge on any atom is 0.277 e. The molecule has 0 atom stereocenters. The average molecular weight is 392 g/mol. The van der Waals surface area contributed by atoms with Crippen molar-refractivity contribution >= 4 is 29.3 Å². The Bertz CT molecular complexity index is 901. The number of aromatic nitrogens is 2. The van der Waals surface area contributed by atoms with Crippen LogP contribution in [-0.2, 0) is 11.3 Å². The molecule has 0 aliphatic heterocycles. The van der Waals surface area contributed by atoms with Gasteiger partial charge in [-0.3, -0.25) is 4.79 Å². The predicted molar refractivity (Wildman–Crippen MR) is 98.3 cm³/mol. The topological polar surface area (TPSA) is 59.2 Å². The van der Waals surface area contributed by atoms with Crippen molar-refractivity contribution in [3.05, 3.63) is 64.9 Å². The standard InChI is InChI=1S/C18H15ClFN3O2S/c1-23(10-12-6-8-13(20)9-7-12)16(24)11-26-18-22-21-17(25-18)14-4-2-3-5-15(14)19/h2-9H,10-11H2,1H3. The Balaban J connectivity index is 1.56. The molecule has 3 rings (SSSR count). The molecule has 2 aromatic carbocycles. The van der Waals surface area contributed by atoms with Crippen molar-refractivity contribution < 1.29 is 13.6 Å². The van der Waals surface area contributed by atoms with E-state index in [1.54, 1.807) is 36.2 Å².